The van der Waals surface area contributed by atoms with E-state index >= 15 is 0 Å². The van der Waals surface area contributed by atoms with Crippen molar-refractivity contribution in [2.45, 2.75) is 12.8 Å². The fourth-order valence-electron chi connectivity index (χ4n) is 1.86. The fourth-order valence-corrected chi connectivity index (χ4v) is 1.86. The second kappa shape index (κ2) is 3.85. The third kappa shape index (κ3) is 1.77. The van der Waals surface area contributed by atoms with Crippen molar-refractivity contribution in [2.75, 3.05) is 7.11 Å². The maximum atomic E-state index is 13.3. The topological polar surface area (TPSA) is 26.3 Å². The maximum absolute atomic E-state index is 13.3. The van der Waals surface area contributed by atoms with Crippen LogP contribution in [0.15, 0.2) is 24.3 Å². The highest BCUT2D eigenvalue weighted by Gasteiger charge is 2.19. The van der Waals surface area contributed by atoms with Crippen LogP contribution < -0.4 is 0 Å². The molecule has 78 valence electrons. The van der Waals surface area contributed by atoms with Gasteiger partial charge < -0.3 is 4.74 Å². The van der Waals surface area contributed by atoms with E-state index in [2.05, 4.69) is 4.74 Å². The maximum Gasteiger partial charge on any atom is 0.330 e. The second-order valence-corrected chi connectivity index (χ2v) is 3.46. The van der Waals surface area contributed by atoms with Crippen LogP contribution in [0.3, 0.4) is 0 Å². The van der Waals surface area contributed by atoms with Crippen LogP contribution in [0, 0.1) is 5.82 Å². The van der Waals surface area contributed by atoms with Gasteiger partial charge in [0.05, 0.1) is 7.11 Å². The number of benzene rings is 1. The predicted octanol–water partition coefficient (Wildman–Crippen LogP) is 2.33. The Kier molecular flexibility index (Phi) is 2.54. The van der Waals surface area contributed by atoms with Gasteiger partial charge in [-0.15, -0.1) is 0 Å². The molecular weight excluding hydrogens is 195 g/mol. The Morgan fingerprint density at radius 2 is 2.27 bits per heavy atom. The van der Waals surface area contributed by atoms with E-state index in [1.54, 1.807) is 6.07 Å². The molecule has 0 aromatic heterocycles. The molecule has 1 aromatic carbocycles. The van der Waals surface area contributed by atoms with Crippen LogP contribution in [0.5, 0.6) is 0 Å². The molecule has 0 heterocycles. The Morgan fingerprint density at radius 3 is 3.00 bits per heavy atom. The normalized spacial score (nSPS) is 16.5. The number of ether oxygens (including phenoxy) is 1. The number of esters is 1. The van der Waals surface area contributed by atoms with Gasteiger partial charge in [0.2, 0.25) is 0 Å². The summed E-state index contributed by atoms with van der Waals surface area (Å²) in [6.45, 7) is 0. The highest BCUT2D eigenvalue weighted by molar-refractivity contribution is 5.92. The Hall–Kier alpha value is -1.64. The van der Waals surface area contributed by atoms with Crippen LogP contribution in [0.25, 0.3) is 5.57 Å². The van der Waals surface area contributed by atoms with Gasteiger partial charge in [-0.05, 0) is 35.6 Å². The van der Waals surface area contributed by atoms with E-state index in [0.29, 0.717) is 18.4 Å². The fraction of sp³-hybridized carbons (Fsp3) is 0.250. The molecule has 0 atom stereocenters. The molecule has 0 saturated heterocycles. The Labute approximate surface area is 87.4 Å². The van der Waals surface area contributed by atoms with Crippen LogP contribution >= 0.6 is 0 Å². The molecule has 1 aliphatic carbocycles. The largest absolute Gasteiger partial charge is 0.466 e. The first-order valence-corrected chi connectivity index (χ1v) is 4.78. The van der Waals surface area contributed by atoms with Gasteiger partial charge in [-0.3, -0.25) is 0 Å². The van der Waals surface area contributed by atoms with Gasteiger partial charge in [0.25, 0.3) is 0 Å². The van der Waals surface area contributed by atoms with Crippen LogP contribution in [0.2, 0.25) is 0 Å². The molecule has 0 amide bonds. The van der Waals surface area contributed by atoms with Gasteiger partial charge in [-0.2, -0.15) is 0 Å². The molecule has 1 aromatic rings. The lowest BCUT2D eigenvalue weighted by atomic mass is 10.1. The van der Waals surface area contributed by atoms with Gasteiger partial charge in [0.1, 0.15) is 5.82 Å². The number of hydrogen-bond donors (Lipinski definition) is 0. The number of hydrogen-bond acceptors (Lipinski definition) is 2. The van der Waals surface area contributed by atoms with Crippen molar-refractivity contribution in [1.29, 1.82) is 0 Å². The van der Waals surface area contributed by atoms with Crippen LogP contribution in [0.1, 0.15) is 17.5 Å². The first-order chi connectivity index (χ1) is 7.22. The Bertz CT molecular complexity index is 435. The lowest BCUT2D eigenvalue weighted by molar-refractivity contribution is -0.134. The molecule has 0 aliphatic heterocycles. The average molecular weight is 206 g/mol. The van der Waals surface area contributed by atoms with Crippen LogP contribution in [-0.2, 0) is 16.0 Å². The summed E-state index contributed by atoms with van der Waals surface area (Å²) in [4.78, 5) is 11.1. The summed E-state index contributed by atoms with van der Waals surface area (Å²) in [5.74, 6) is -0.581. The molecule has 2 nitrogen and oxygen atoms in total. The number of carbonyl (C=O) groups excluding carboxylic acids is 1. The van der Waals surface area contributed by atoms with Crippen molar-refractivity contribution in [3.63, 3.8) is 0 Å². The Morgan fingerprint density at radius 1 is 1.47 bits per heavy atom. The Balaban J connectivity index is 2.41. The van der Waals surface area contributed by atoms with Crippen LogP contribution in [0.4, 0.5) is 4.39 Å². The molecule has 1 aliphatic rings. The third-order valence-electron chi connectivity index (χ3n) is 2.60. The van der Waals surface area contributed by atoms with Crippen molar-refractivity contribution < 1.29 is 13.9 Å². The quantitative estimate of drug-likeness (QED) is 0.520. The summed E-state index contributed by atoms with van der Waals surface area (Å²) >= 11 is 0. The van der Waals surface area contributed by atoms with Crippen molar-refractivity contribution in [3.8, 4) is 0 Å². The minimum absolute atomic E-state index is 0.194. The highest BCUT2D eigenvalue weighted by atomic mass is 19.1. The van der Waals surface area contributed by atoms with E-state index < -0.39 is 0 Å². The molecular formula is C12H11FO2. The van der Waals surface area contributed by atoms with Crippen LogP contribution in [-0.4, -0.2) is 13.1 Å². The van der Waals surface area contributed by atoms with E-state index in [0.717, 1.165) is 11.1 Å². The summed E-state index contributed by atoms with van der Waals surface area (Å²) in [5.41, 5.74) is 2.39. The molecule has 0 fully saturated rings. The summed E-state index contributed by atoms with van der Waals surface area (Å²) in [6.07, 6.45) is 2.79. The minimum Gasteiger partial charge on any atom is -0.466 e. The van der Waals surface area contributed by atoms with E-state index in [4.69, 9.17) is 0 Å². The molecule has 0 bridgehead atoms. The smallest absolute Gasteiger partial charge is 0.330 e. The van der Waals surface area contributed by atoms with Gasteiger partial charge in [0, 0.05) is 6.08 Å². The van der Waals surface area contributed by atoms with Crippen molar-refractivity contribution in [1.82, 2.24) is 0 Å². The number of carbonyl (C=O) groups is 1. The lowest BCUT2D eigenvalue weighted by Gasteiger charge is -2.00. The van der Waals surface area contributed by atoms with Gasteiger partial charge >= 0.3 is 5.97 Å². The molecule has 2 rings (SSSR count). The standard InChI is InChI=1S/C12H11FO2/c1-15-12(14)7-8-5-6-10-9(8)3-2-4-11(10)13/h2-4,7H,5-6H2,1H3/b8-7+. The van der Waals surface area contributed by atoms with E-state index in [9.17, 15) is 9.18 Å². The zero-order valence-electron chi connectivity index (χ0n) is 8.42. The number of fused-ring (bicyclic) bond motifs is 1. The zero-order valence-corrected chi connectivity index (χ0v) is 8.42. The average Bonchev–Trinajstić information content (AvgIpc) is 2.63. The second-order valence-electron chi connectivity index (χ2n) is 3.46. The molecule has 0 spiro atoms. The van der Waals surface area contributed by atoms with Crippen molar-refractivity contribution in [2.24, 2.45) is 0 Å². The summed E-state index contributed by atoms with van der Waals surface area (Å²) in [7, 11) is 1.33. The van der Waals surface area contributed by atoms with Gasteiger partial charge in [-0.25, -0.2) is 9.18 Å². The first-order valence-electron chi connectivity index (χ1n) is 4.78. The molecule has 3 heteroatoms. The SMILES string of the molecule is COC(=O)/C=C1\CCc2c(F)cccc21. The molecule has 15 heavy (non-hydrogen) atoms. The molecule has 0 N–H and O–H groups in total. The molecule has 0 saturated carbocycles. The summed E-state index contributed by atoms with van der Waals surface area (Å²) in [6, 6.07) is 4.94. The van der Waals surface area contributed by atoms with E-state index in [1.165, 1.54) is 19.3 Å². The first kappa shape index (κ1) is 9.90. The zero-order chi connectivity index (χ0) is 10.8. The van der Waals surface area contributed by atoms with Gasteiger partial charge in [-0.1, -0.05) is 12.1 Å². The summed E-state index contributed by atoms with van der Waals surface area (Å²) in [5, 5.41) is 0. The number of methoxy groups -OCH3 is 1. The lowest BCUT2D eigenvalue weighted by Crippen LogP contribution is -1.95. The predicted molar refractivity (Wildman–Crippen MR) is 54.7 cm³/mol. The van der Waals surface area contributed by atoms with Crippen molar-refractivity contribution >= 4 is 11.5 Å². The highest BCUT2D eigenvalue weighted by Crippen LogP contribution is 2.33. The van der Waals surface area contributed by atoms with Gasteiger partial charge in [0.15, 0.2) is 0 Å². The van der Waals surface area contributed by atoms with E-state index in [-0.39, 0.29) is 11.8 Å². The number of allylic oxidation sites excluding steroid dienone is 1. The number of halogens is 1. The van der Waals surface area contributed by atoms with Crippen molar-refractivity contribution in [3.05, 3.63) is 41.2 Å². The van der Waals surface area contributed by atoms with E-state index in [1.807, 2.05) is 6.07 Å². The summed E-state index contributed by atoms with van der Waals surface area (Å²) < 4.78 is 17.9. The molecule has 0 radical (unpaired) electrons. The third-order valence-corrected chi connectivity index (χ3v) is 2.60. The monoisotopic (exact) mass is 206 g/mol. The number of rotatable bonds is 1. The molecule has 0 unspecified atom stereocenters. The minimum atomic E-state index is -0.387.